The van der Waals surface area contributed by atoms with E-state index in [1.54, 1.807) is 11.9 Å². The molecule has 1 aromatic rings. The number of piperidine rings is 1. The van der Waals surface area contributed by atoms with Crippen molar-refractivity contribution in [3.8, 4) is 0 Å². The summed E-state index contributed by atoms with van der Waals surface area (Å²) in [5, 5.41) is 15.5. The summed E-state index contributed by atoms with van der Waals surface area (Å²) >= 11 is 0. The van der Waals surface area contributed by atoms with Gasteiger partial charge in [-0.2, -0.15) is 0 Å². The molecule has 1 aliphatic carbocycles. The van der Waals surface area contributed by atoms with Gasteiger partial charge in [-0.15, -0.1) is 0 Å². The van der Waals surface area contributed by atoms with Crippen LogP contribution in [0.2, 0.25) is 25.7 Å². The summed E-state index contributed by atoms with van der Waals surface area (Å²) in [6.45, 7) is 12.3. The third-order valence-corrected chi connectivity index (χ3v) is 11.2. The first-order valence-electron chi connectivity index (χ1n) is 17.3. The molecular weight excluding hydrogens is 570 g/mol. The maximum absolute atomic E-state index is 13.8. The molecule has 0 spiro atoms. The van der Waals surface area contributed by atoms with E-state index in [0.29, 0.717) is 51.8 Å². The molecule has 1 heterocycles. The van der Waals surface area contributed by atoms with Gasteiger partial charge in [0.2, 0.25) is 0 Å². The van der Waals surface area contributed by atoms with Crippen molar-refractivity contribution in [2.24, 2.45) is 11.8 Å². The van der Waals surface area contributed by atoms with Gasteiger partial charge in [0.05, 0.1) is 12.2 Å². The molecule has 1 aromatic carbocycles. The van der Waals surface area contributed by atoms with Crippen LogP contribution in [-0.4, -0.2) is 87.6 Å². The number of likely N-dealkylation sites (tertiary alicyclic amines) is 1. The van der Waals surface area contributed by atoms with Crippen LogP contribution in [0.25, 0.3) is 0 Å². The van der Waals surface area contributed by atoms with Crippen molar-refractivity contribution < 1.29 is 24.2 Å². The Balaban J connectivity index is 1.67. The number of urea groups is 1. The smallest absolute Gasteiger partial charge is 0.409 e. The van der Waals surface area contributed by atoms with E-state index in [-0.39, 0.29) is 24.1 Å². The minimum absolute atomic E-state index is 0.0580. The second-order valence-corrected chi connectivity index (χ2v) is 20.0. The van der Waals surface area contributed by atoms with Gasteiger partial charge in [-0.1, -0.05) is 82.1 Å². The Bertz CT molecular complexity index is 984. The number of unbranched alkanes of at least 4 members (excludes halogenated alkanes) is 1. The zero-order valence-electron chi connectivity index (χ0n) is 28.3. The Morgan fingerprint density at radius 2 is 1.80 bits per heavy atom. The molecule has 8 nitrogen and oxygen atoms in total. The molecule has 1 unspecified atom stereocenters. The van der Waals surface area contributed by atoms with Crippen LogP contribution in [-0.2, 0) is 15.1 Å². The number of hydrogen-bond acceptors (Lipinski definition) is 5. The lowest BCUT2D eigenvalue weighted by molar-refractivity contribution is -0.0566. The number of hydrogen-bond donors (Lipinski definition) is 2. The van der Waals surface area contributed by atoms with Gasteiger partial charge in [0, 0.05) is 59.9 Å². The lowest BCUT2D eigenvalue weighted by Gasteiger charge is -2.43. The number of likely N-dealkylation sites (N-methyl/N-ethyl adjacent to an activating group) is 1. The molecular formula is C35H61N3O5Si. The topological polar surface area (TPSA) is 91.3 Å². The van der Waals surface area contributed by atoms with Crippen LogP contribution in [0.3, 0.4) is 0 Å². The van der Waals surface area contributed by atoms with Crippen molar-refractivity contribution in [2.75, 3.05) is 46.5 Å². The standard InChI is InChI=1S/C35H61N3O5Si/c1-6-42-23-14-13-21-35(41,30-18-11-8-12-19-30)31-20-15-22-38(27-31)33(39)36-32(26-29-16-9-7-10-17-29)28-37(2)34(40)43-24-25-44(3,4)5/h8,11-12,18-19,29,31-32,41H,6-7,9-10,13-17,20-28H2,1-5H3,(H,36,39)/t31-,32+,35?/m1/s1. The maximum atomic E-state index is 13.8. The fourth-order valence-electron chi connectivity index (χ4n) is 6.84. The number of carbonyl (C=O) groups excluding carboxylic acids is 2. The van der Waals surface area contributed by atoms with Gasteiger partial charge in [-0.3, -0.25) is 0 Å². The number of benzene rings is 1. The lowest BCUT2D eigenvalue weighted by Crippen LogP contribution is -2.54. The predicted molar refractivity (Wildman–Crippen MR) is 181 cm³/mol. The molecule has 2 N–H and O–H groups in total. The molecule has 9 heteroatoms. The summed E-state index contributed by atoms with van der Waals surface area (Å²) < 4.78 is 11.1. The average Bonchev–Trinajstić information content (AvgIpc) is 3.01. The van der Waals surface area contributed by atoms with E-state index in [2.05, 4.69) is 25.0 Å². The van der Waals surface area contributed by atoms with E-state index >= 15 is 0 Å². The van der Waals surface area contributed by atoms with Gasteiger partial charge in [-0.25, -0.2) is 9.59 Å². The normalized spacial score (nSPS) is 20.0. The highest BCUT2D eigenvalue weighted by atomic mass is 28.3. The molecule has 3 atom stereocenters. The third-order valence-electron chi connectivity index (χ3n) is 9.51. The van der Waals surface area contributed by atoms with E-state index in [4.69, 9.17) is 9.47 Å². The molecule has 0 aromatic heterocycles. The maximum Gasteiger partial charge on any atom is 0.409 e. The van der Waals surface area contributed by atoms with Gasteiger partial charge in [0.25, 0.3) is 0 Å². The second kappa shape index (κ2) is 18.1. The number of carbonyl (C=O) groups is 2. The van der Waals surface area contributed by atoms with Crippen LogP contribution >= 0.6 is 0 Å². The van der Waals surface area contributed by atoms with Crippen LogP contribution in [0, 0.1) is 11.8 Å². The van der Waals surface area contributed by atoms with Crippen molar-refractivity contribution >= 4 is 20.2 Å². The van der Waals surface area contributed by atoms with Crippen LogP contribution in [0.1, 0.15) is 83.1 Å². The van der Waals surface area contributed by atoms with Gasteiger partial charge in [0.15, 0.2) is 0 Å². The fraction of sp³-hybridized carbons (Fsp3) is 0.771. The van der Waals surface area contributed by atoms with Gasteiger partial charge < -0.3 is 29.7 Å². The summed E-state index contributed by atoms with van der Waals surface area (Å²) in [5.41, 5.74) is -0.0820. The van der Waals surface area contributed by atoms with Crippen molar-refractivity contribution in [1.82, 2.24) is 15.1 Å². The molecule has 0 bridgehead atoms. The zero-order valence-corrected chi connectivity index (χ0v) is 29.3. The molecule has 2 aliphatic rings. The number of nitrogens with one attached hydrogen (secondary N) is 1. The molecule has 1 aliphatic heterocycles. The van der Waals surface area contributed by atoms with Crippen LogP contribution in [0.15, 0.2) is 30.3 Å². The molecule has 1 saturated carbocycles. The Labute approximate surface area is 268 Å². The predicted octanol–water partition coefficient (Wildman–Crippen LogP) is 7.25. The van der Waals surface area contributed by atoms with Gasteiger partial charge >= 0.3 is 12.1 Å². The summed E-state index contributed by atoms with van der Waals surface area (Å²) in [5.74, 6) is 0.497. The van der Waals surface area contributed by atoms with E-state index in [0.717, 1.165) is 43.7 Å². The van der Waals surface area contributed by atoms with E-state index in [9.17, 15) is 14.7 Å². The SMILES string of the molecule is CCOCCCCC(O)(c1ccccc1)[C@@H]1CCCN(C(=O)N[C@@H](CC2CCCCC2)CN(C)C(=O)OCC[Si](C)(C)C)C1. The Morgan fingerprint density at radius 1 is 1.07 bits per heavy atom. The first-order valence-corrected chi connectivity index (χ1v) is 21.0. The van der Waals surface area contributed by atoms with Crippen LogP contribution in [0.5, 0.6) is 0 Å². The van der Waals surface area contributed by atoms with E-state index in [1.165, 1.54) is 32.1 Å². The van der Waals surface area contributed by atoms with Crippen LogP contribution in [0.4, 0.5) is 9.59 Å². The van der Waals surface area contributed by atoms with E-state index < -0.39 is 13.7 Å². The molecule has 44 heavy (non-hydrogen) atoms. The summed E-state index contributed by atoms with van der Waals surface area (Å²) in [6.07, 6.45) is 10.8. The van der Waals surface area contributed by atoms with Crippen molar-refractivity contribution in [1.29, 1.82) is 0 Å². The highest BCUT2D eigenvalue weighted by Gasteiger charge is 2.41. The molecule has 250 valence electrons. The number of aliphatic hydroxyl groups is 1. The van der Waals surface area contributed by atoms with E-state index in [1.807, 2.05) is 42.2 Å². The molecule has 1 saturated heterocycles. The highest BCUT2D eigenvalue weighted by Crippen LogP contribution is 2.39. The summed E-state index contributed by atoms with van der Waals surface area (Å²) in [7, 11) is 0.480. The Kier molecular flexibility index (Phi) is 15.0. The largest absolute Gasteiger partial charge is 0.450 e. The number of ether oxygens (including phenoxy) is 2. The lowest BCUT2D eigenvalue weighted by atomic mass is 9.74. The minimum Gasteiger partial charge on any atom is -0.450 e. The Hall–Kier alpha value is -2.10. The fourth-order valence-corrected chi connectivity index (χ4v) is 7.55. The monoisotopic (exact) mass is 631 g/mol. The molecule has 2 fully saturated rings. The van der Waals surface area contributed by atoms with Crippen molar-refractivity contribution in [3.63, 3.8) is 0 Å². The average molecular weight is 632 g/mol. The Morgan fingerprint density at radius 3 is 2.48 bits per heavy atom. The second-order valence-electron chi connectivity index (χ2n) is 14.4. The van der Waals surface area contributed by atoms with Crippen molar-refractivity contribution in [2.45, 2.75) is 115 Å². The van der Waals surface area contributed by atoms with Gasteiger partial charge in [-0.05, 0) is 63.0 Å². The van der Waals surface area contributed by atoms with Gasteiger partial charge in [0.1, 0.15) is 0 Å². The number of rotatable bonds is 16. The number of amides is 3. The highest BCUT2D eigenvalue weighted by molar-refractivity contribution is 6.76. The molecule has 3 amide bonds. The first-order chi connectivity index (χ1) is 21.0. The zero-order chi connectivity index (χ0) is 32.0. The summed E-state index contributed by atoms with van der Waals surface area (Å²) in [6, 6.07) is 10.7. The quantitative estimate of drug-likeness (QED) is 0.148. The molecule has 0 radical (unpaired) electrons. The molecule has 3 rings (SSSR count). The summed E-state index contributed by atoms with van der Waals surface area (Å²) in [4.78, 5) is 30.2. The first kappa shape index (κ1) is 36.4. The van der Waals surface area contributed by atoms with Crippen molar-refractivity contribution in [3.05, 3.63) is 35.9 Å². The number of nitrogens with zero attached hydrogens (tertiary/aromatic N) is 2. The van der Waals surface area contributed by atoms with Crippen LogP contribution < -0.4 is 5.32 Å². The third kappa shape index (κ3) is 12.0. The minimum atomic E-state index is -1.30.